The largest absolute Gasteiger partial charge is 0.313 e. The first-order chi connectivity index (χ1) is 8.52. The second-order valence-corrected chi connectivity index (χ2v) is 7.36. The standard InChI is InChI=1S/C16H32N2/c1-5-17-14-6-9-16(3,4)12-15(14)18-10-7-13(2)8-11-18/h13-15,17H,5-12H2,1-4H3. The third kappa shape index (κ3) is 3.48. The number of likely N-dealkylation sites (tertiary alicyclic amines) is 1. The zero-order chi connectivity index (χ0) is 13.2. The van der Waals surface area contributed by atoms with E-state index < -0.39 is 0 Å². The average molecular weight is 252 g/mol. The van der Waals surface area contributed by atoms with E-state index in [9.17, 15) is 0 Å². The van der Waals surface area contributed by atoms with Crippen molar-refractivity contribution in [2.24, 2.45) is 11.3 Å². The molecule has 2 rings (SSSR count). The Morgan fingerprint density at radius 1 is 1.17 bits per heavy atom. The number of nitrogens with zero attached hydrogens (tertiary/aromatic N) is 1. The van der Waals surface area contributed by atoms with Gasteiger partial charge in [-0.25, -0.2) is 0 Å². The quantitative estimate of drug-likeness (QED) is 0.829. The Balaban J connectivity index is 2.00. The summed E-state index contributed by atoms with van der Waals surface area (Å²) in [5, 5.41) is 3.74. The van der Waals surface area contributed by atoms with Crippen LogP contribution in [0.25, 0.3) is 0 Å². The fourth-order valence-corrected chi connectivity index (χ4v) is 3.79. The highest BCUT2D eigenvalue weighted by molar-refractivity contribution is 4.95. The van der Waals surface area contributed by atoms with Crippen LogP contribution in [0, 0.1) is 11.3 Å². The van der Waals surface area contributed by atoms with E-state index in [0.29, 0.717) is 5.41 Å². The van der Waals surface area contributed by atoms with Gasteiger partial charge in [-0.2, -0.15) is 0 Å². The molecule has 2 heteroatoms. The number of hydrogen-bond donors (Lipinski definition) is 1. The molecule has 0 amide bonds. The molecule has 1 N–H and O–H groups in total. The first-order valence-corrected chi connectivity index (χ1v) is 7.99. The van der Waals surface area contributed by atoms with Crippen molar-refractivity contribution in [1.82, 2.24) is 10.2 Å². The van der Waals surface area contributed by atoms with Crippen LogP contribution < -0.4 is 5.32 Å². The summed E-state index contributed by atoms with van der Waals surface area (Å²) in [4.78, 5) is 2.79. The predicted molar refractivity (Wildman–Crippen MR) is 78.9 cm³/mol. The van der Waals surface area contributed by atoms with Crippen LogP contribution in [-0.4, -0.2) is 36.6 Å². The molecule has 2 atom stereocenters. The molecule has 1 aliphatic carbocycles. The lowest BCUT2D eigenvalue weighted by Crippen LogP contribution is -2.56. The number of nitrogens with one attached hydrogen (secondary N) is 1. The van der Waals surface area contributed by atoms with E-state index in [0.717, 1.165) is 24.5 Å². The van der Waals surface area contributed by atoms with E-state index >= 15 is 0 Å². The summed E-state index contributed by atoms with van der Waals surface area (Å²) in [5.41, 5.74) is 0.541. The Morgan fingerprint density at radius 3 is 2.44 bits per heavy atom. The smallest absolute Gasteiger partial charge is 0.0254 e. The van der Waals surface area contributed by atoms with E-state index in [1.807, 2.05) is 0 Å². The Morgan fingerprint density at radius 2 is 1.83 bits per heavy atom. The zero-order valence-electron chi connectivity index (χ0n) is 12.8. The van der Waals surface area contributed by atoms with Crippen molar-refractivity contribution < 1.29 is 0 Å². The molecule has 2 unspecified atom stereocenters. The molecule has 2 nitrogen and oxygen atoms in total. The zero-order valence-corrected chi connectivity index (χ0v) is 12.8. The number of hydrogen-bond acceptors (Lipinski definition) is 2. The van der Waals surface area contributed by atoms with Gasteiger partial charge in [-0.3, -0.25) is 4.90 Å². The minimum absolute atomic E-state index is 0.541. The van der Waals surface area contributed by atoms with Crippen LogP contribution in [0.4, 0.5) is 0 Å². The molecule has 2 fully saturated rings. The van der Waals surface area contributed by atoms with Gasteiger partial charge in [-0.15, -0.1) is 0 Å². The molecular formula is C16H32N2. The predicted octanol–water partition coefficient (Wildman–Crippen LogP) is 3.28. The molecule has 18 heavy (non-hydrogen) atoms. The number of rotatable bonds is 3. The number of piperidine rings is 1. The van der Waals surface area contributed by atoms with Crippen LogP contribution in [0.15, 0.2) is 0 Å². The fraction of sp³-hybridized carbons (Fsp3) is 1.00. The topological polar surface area (TPSA) is 15.3 Å². The lowest BCUT2D eigenvalue weighted by Gasteiger charge is -2.48. The van der Waals surface area contributed by atoms with Gasteiger partial charge < -0.3 is 5.32 Å². The summed E-state index contributed by atoms with van der Waals surface area (Å²) in [5.74, 6) is 0.940. The normalized spacial score (nSPS) is 34.7. The third-order valence-corrected chi connectivity index (χ3v) is 5.11. The van der Waals surface area contributed by atoms with E-state index in [2.05, 4.69) is 37.9 Å². The van der Waals surface area contributed by atoms with Crippen LogP contribution in [0.2, 0.25) is 0 Å². The van der Waals surface area contributed by atoms with Crippen molar-refractivity contribution in [2.75, 3.05) is 19.6 Å². The summed E-state index contributed by atoms with van der Waals surface area (Å²) < 4.78 is 0. The van der Waals surface area contributed by atoms with Crippen molar-refractivity contribution >= 4 is 0 Å². The molecule has 106 valence electrons. The van der Waals surface area contributed by atoms with E-state index in [-0.39, 0.29) is 0 Å². The maximum Gasteiger partial charge on any atom is 0.0254 e. The monoisotopic (exact) mass is 252 g/mol. The van der Waals surface area contributed by atoms with Gasteiger partial charge in [0.15, 0.2) is 0 Å². The van der Waals surface area contributed by atoms with Gasteiger partial charge in [0.2, 0.25) is 0 Å². The summed E-state index contributed by atoms with van der Waals surface area (Å²) in [6.07, 6.45) is 6.91. The maximum absolute atomic E-state index is 3.74. The van der Waals surface area contributed by atoms with E-state index in [4.69, 9.17) is 0 Å². The summed E-state index contributed by atoms with van der Waals surface area (Å²) >= 11 is 0. The van der Waals surface area contributed by atoms with Crippen molar-refractivity contribution in [2.45, 2.75) is 71.9 Å². The molecule has 2 aliphatic rings. The van der Waals surface area contributed by atoms with Crippen molar-refractivity contribution in [3.63, 3.8) is 0 Å². The molecule has 1 aliphatic heterocycles. The van der Waals surface area contributed by atoms with Crippen LogP contribution in [0.1, 0.15) is 59.8 Å². The van der Waals surface area contributed by atoms with Gasteiger partial charge >= 0.3 is 0 Å². The third-order valence-electron chi connectivity index (χ3n) is 5.11. The minimum Gasteiger partial charge on any atom is -0.313 e. The lowest BCUT2D eigenvalue weighted by atomic mass is 9.72. The molecule has 0 radical (unpaired) electrons. The first-order valence-electron chi connectivity index (χ1n) is 7.99. The first kappa shape index (κ1) is 14.3. The lowest BCUT2D eigenvalue weighted by molar-refractivity contribution is 0.0438. The molecule has 0 aromatic carbocycles. The SMILES string of the molecule is CCNC1CCC(C)(C)CC1N1CCC(C)CC1. The highest BCUT2D eigenvalue weighted by Crippen LogP contribution is 2.38. The van der Waals surface area contributed by atoms with E-state index in [1.54, 1.807) is 0 Å². The highest BCUT2D eigenvalue weighted by atomic mass is 15.2. The molecule has 0 spiro atoms. The summed E-state index contributed by atoms with van der Waals surface area (Å²) in [7, 11) is 0. The molecule has 0 aromatic rings. The molecule has 0 aromatic heterocycles. The molecule has 1 heterocycles. The van der Waals surface area contributed by atoms with Crippen molar-refractivity contribution in [3.05, 3.63) is 0 Å². The van der Waals surface area contributed by atoms with Crippen LogP contribution in [-0.2, 0) is 0 Å². The molecule has 1 saturated heterocycles. The summed E-state index contributed by atoms with van der Waals surface area (Å²) in [6.45, 7) is 13.3. The van der Waals surface area contributed by atoms with Crippen molar-refractivity contribution in [3.8, 4) is 0 Å². The fourth-order valence-electron chi connectivity index (χ4n) is 3.79. The second-order valence-electron chi connectivity index (χ2n) is 7.36. The number of likely N-dealkylation sites (N-methyl/N-ethyl adjacent to an activating group) is 1. The second kappa shape index (κ2) is 5.92. The average Bonchev–Trinajstić information content (AvgIpc) is 2.32. The van der Waals surface area contributed by atoms with Crippen LogP contribution >= 0.6 is 0 Å². The highest BCUT2D eigenvalue weighted by Gasteiger charge is 2.38. The van der Waals surface area contributed by atoms with Gasteiger partial charge in [0, 0.05) is 12.1 Å². The summed E-state index contributed by atoms with van der Waals surface area (Å²) in [6, 6.07) is 1.51. The van der Waals surface area contributed by atoms with Crippen molar-refractivity contribution in [1.29, 1.82) is 0 Å². The van der Waals surface area contributed by atoms with E-state index in [1.165, 1.54) is 45.2 Å². The Bertz CT molecular complexity index is 254. The van der Waals surface area contributed by atoms with Crippen LogP contribution in [0.5, 0.6) is 0 Å². The van der Waals surface area contributed by atoms with Gasteiger partial charge in [-0.1, -0.05) is 27.7 Å². The van der Waals surface area contributed by atoms with Gasteiger partial charge in [0.05, 0.1) is 0 Å². The maximum atomic E-state index is 3.74. The van der Waals surface area contributed by atoms with Crippen LogP contribution in [0.3, 0.4) is 0 Å². The molecular weight excluding hydrogens is 220 g/mol. The molecule has 1 saturated carbocycles. The van der Waals surface area contributed by atoms with Gasteiger partial charge in [0.1, 0.15) is 0 Å². The Labute approximate surface area is 114 Å². The Hall–Kier alpha value is -0.0800. The molecule has 0 bridgehead atoms. The van der Waals surface area contributed by atoms with Gasteiger partial charge in [0.25, 0.3) is 0 Å². The van der Waals surface area contributed by atoms with Gasteiger partial charge in [-0.05, 0) is 63.1 Å². The Kier molecular flexibility index (Phi) is 4.71. The minimum atomic E-state index is 0.541.